The molecule has 0 bridgehead atoms. The van der Waals surface area contributed by atoms with E-state index < -0.39 is 11.5 Å². The van der Waals surface area contributed by atoms with E-state index in [4.69, 9.17) is 5.11 Å². The number of nitrogens with zero attached hydrogens (tertiary/aromatic N) is 4. The number of carbonyl (C=O) groups is 2. The first-order valence-corrected chi connectivity index (χ1v) is 13.8. The molecule has 3 aromatic rings. The zero-order valence-electron chi connectivity index (χ0n) is 22.7. The van der Waals surface area contributed by atoms with Crippen LogP contribution >= 0.6 is 0 Å². The second kappa shape index (κ2) is 12.1. The van der Waals surface area contributed by atoms with Crippen LogP contribution in [0.4, 0.5) is 11.4 Å². The quantitative estimate of drug-likeness (QED) is 0.273. The predicted molar refractivity (Wildman–Crippen MR) is 151 cm³/mol. The molecular weight excluding hydrogens is 508 g/mol. The summed E-state index contributed by atoms with van der Waals surface area (Å²) in [6.45, 7) is 3.58. The minimum Gasteiger partial charge on any atom is -0.396 e. The van der Waals surface area contributed by atoms with Crippen molar-refractivity contribution < 1.29 is 19.8 Å². The predicted octanol–water partition coefficient (Wildman–Crippen LogP) is 2.52. The first-order chi connectivity index (χ1) is 19.4. The Balaban J connectivity index is 1.28. The van der Waals surface area contributed by atoms with Gasteiger partial charge in [-0.15, -0.1) is 5.10 Å². The molecule has 40 heavy (non-hydrogen) atoms. The van der Waals surface area contributed by atoms with Crippen molar-refractivity contribution in [1.29, 1.82) is 0 Å². The van der Waals surface area contributed by atoms with Crippen molar-refractivity contribution in [2.45, 2.75) is 57.3 Å². The number of amides is 2. The fourth-order valence-electron chi connectivity index (χ4n) is 5.45. The van der Waals surface area contributed by atoms with E-state index in [2.05, 4.69) is 20.9 Å². The largest absolute Gasteiger partial charge is 0.396 e. The van der Waals surface area contributed by atoms with Gasteiger partial charge in [0, 0.05) is 42.9 Å². The van der Waals surface area contributed by atoms with Crippen LogP contribution in [0.5, 0.6) is 0 Å². The van der Waals surface area contributed by atoms with Crippen molar-refractivity contribution in [2.75, 3.05) is 23.4 Å². The number of anilines is 2. The van der Waals surface area contributed by atoms with E-state index in [1.165, 1.54) is 0 Å². The number of para-hydroxylation sites is 1. The number of nitrogens with one attached hydrogen (secondary N) is 2. The molecule has 2 aliphatic heterocycles. The topological polar surface area (TPSA) is 133 Å². The van der Waals surface area contributed by atoms with E-state index in [1.807, 2.05) is 67.7 Å². The Morgan fingerprint density at radius 3 is 2.92 bits per heavy atom. The Morgan fingerprint density at radius 2 is 2.12 bits per heavy atom. The molecule has 0 saturated carbocycles. The van der Waals surface area contributed by atoms with Crippen molar-refractivity contribution in [3.63, 3.8) is 0 Å². The van der Waals surface area contributed by atoms with E-state index >= 15 is 0 Å². The molecule has 2 aliphatic rings. The summed E-state index contributed by atoms with van der Waals surface area (Å²) in [7, 11) is 0. The van der Waals surface area contributed by atoms with Gasteiger partial charge in [0.25, 0.3) is 5.91 Å². The molecular formula is C30H36N6O4. The van der Waals surface area contributed by atoms with Crippen LogP contribution < -0.4 is 15.5 Å². The Morgan fingerprint density at radius 1 is 1.27 bits per heavy atom. The van der Waals surface area contributed by atoms with Gasteiger partial charge in [-0.3, -0.25) is 14.3 Å². The number of allylic oxidation sites excluding steroid dienone is 1. The second-order valence-electron chi connectivity index (χ2n) is 10.5. The first-order valence-electron chi connectivity index (χ1n) is 13.8. The van der Waals surface area contributed by atoms with Crippen LogP contribution in [-0.4, -0.2) is 56.2 Å². The van der Waals surface area contributed by atoms with Gasteiger partial charge in [0.05, 0.1) is 24.0 Å². The zero-order chi connectivity index (χ0) is 28.1. The molecule has 1 fully saturated rings. The van der Waals surface area contributed by atoms with Crippen molar-refractivity contribution in [1.82, 2.24) is 20.3 Å². The highest BCUT2D eigenvalue weighted by Crippen LogP contribution is 2.45. The number of fused-ring (bicyclic) bond motifs is 1. The van der Waals surface area contributed by atoms with E-state index in [-0.39, 0.29) is 31.0 Å². The number of hydrogen-bond acceptors (Lipinski definition) is 7. The molecule has 4 N–H and O–H groups in total. The van der Waals surface area contributed by atoms with Crippen LogP contribution in [0, 0.1) is 5.92 Å². The maximum absolute atomic E-state index is 13.8. The zero-order valence-corrected chi connectivity index (χ0v) is 22.7. The van der Waals surface area contributed by atoms with Crippen molar-refractivity contribution in [2.24, 2.45) is 5.92 Å². The number of carbonyl (C=O) groups excluding carboxylic acids is 2. The molecule has 1 aromatic heterocycles. The molecule has 10 nitrogen and oxygen atoms in total. The molecule has 210 valence electrons. The highest BCUT2D eigenvalue weighted by molar-refractivity contribution is 6.07. The number of aryl methyl sites for hydroxylation is 1. The fraction of sp³-hybridized carbons (Fsp3) is 0.400. The number of hydrogen-bond donors (Lipinski definition) is 4. The summed E-state index contributed by atoms with van der Waals surface area (Å²) in [5.41, 5.74) is 1.83. The summed E-state index contributed by atoms with van der Waals surface area (Å²) in [5, 5.41) is 35.2. The average Bonchev–Trinajstić information content (AvgIpc) is 3.70. The van der Waals surface area contributed by atoms with Gasteiger partial charge in [0.2, 0.25) is 5.91 Å². The standard InChI is InChI=1S/C30H36N6O4/c1-21(8-4-5-16-35-20-24(14-17-37)33-34-35)30(40)25-11-2-3-13-27(25)36(29(30)39)19-22-9-6-10-23(18-22)32-28(38)26-12-7-15-31-26/h2-4,6,8-11,13,18,20-21,26,31,37,40H,5,7,12,14-17,19H2,1H3,(H,32,38)/b8-4+/t21-,26-,30+/m1/s1. The Kier molecular flexibility index (Phi) is 8.39. The first kappa shape index (κ1) is 27.7. The van der Waals surface area contributed by atoms with Crippen LogP contribution in [0.2, 0.25) is 0 Å². The average molecular weight is 545 g/mol. The summed E-state index contributed by atoms with van der Waals surface area (Å²) in [4.78, 5) is 28.0. The molecule has 0 spiro atoms. The van der Waals surface area contributed by atoms with E-state index in [1.54, 1.807) is 15.6 Å². The summed E-state index contributed by atoms with van der Waals surface area (Å²) >= 11 is 0. The van der Waals surface area contributed by atoms with Gasteiger partial charge in [-0.25, -0.2) is 0 Å². The molecule has 2 aromatic carbocycles. The van der Waals surface area contributed by atoms with Crippen LogP contribution in [0.1, 0.15) is 43.0 Å². The normalized spacial score (nSPS) is 21.2. The SMILES string of the molecule is C[C@H](/C=C/CCn1cc(CCO)nn1)[C@@]1(O)C(=O)N(Cc2cccc(NC(=O)[C@H]3CCCN3)c2)c2ccccc21. The van der Waals surface area contributed by atoms with Crippen molar-refractivity contribution in [3.05, 3.63) is 83.7 Å². The minimum atomic E-state index is -1.70. The molecule has 0 radical (unpaired) electrons. The van der Waals surface area contributed by atoms with E-state index in [9.17, 15) is 14.7 Å². The lowest BCUT2D eigenvalue weighted by molar-refractivity contribution is -0.139. The maximum atomic E-state index is 13.8. The molecule has 0 aliphatic carbocycles. The van der Waals surface area contributed by atoms with Gasteiger partial charge < -0.3 is 25.7 Å². The fourth-order valence-corrected chi connectivity index (χ4v) is 5.45. The van der Waals surface area contributed by atoms with E-state index in [0.717, 1.165) is 30.6 Å². The number of aromatic nitrogens is 3. The Bertz CT molecular complexity index is 1380. The summed E-state index contributed by atoms with van der Waals surface area (Å²) in [6, 6.07) is 14.7. The lowest BCUT2D eigenvalue weighted by atomic mass is 9.83. The summed E-state index contributed by atoms with van der Waals surface area (Å²) in [6.07, 6.45) is 8.55. The van der Waals surface area contributed by atoms with Crippen molar-refractivity contribution >= 4 is 23.2 Å². The van der Waals surface area contributed by atoms with Gasteiger partial charge in [0.15, 0.2) is 5.60 Å². The molecule has 10 heteroatoms. The lowest BCUT2D eigenvalue weighted by Gasteiger charge is -2.27. The number of rotatable bonds is 11. The lowest BCUT2D eigenvalue weighted by Crippen LogP contribution is -2.44. The third kappa shape index (κ3) is 5.70. The van der Waals surface area contributed by atoms with Gasteiger partial charge in [0.1, 0.15) is 0 Å². The molecule has 1 saturated heterocycles. The molecule has 5 rings (SSSR count). The Labute approximate surface area is 233 Å². The summed E-state index contributed by atoms with van der Waals surface area (Å²) in [5.74, 6) is -0.904. The monoisotopic (exact) mass is 544 g/mol. The third-order valence-electron chi connectivity index (χ3n) is 7.65. The maximum Gasteiger partial charge on any atom is 0.264 e. The minimum absolute atomic E-state index is 0.0291. The highest BCUT2D eigenvalue weighted by Gasteiger charge is 2.52. The van der Waals surface area contributed by atoms with Gasteiger partial charge >= 0.3 is 0 Å². The van der Waals surface area contributed by atoms with Gasteiger partial charge in [-0.05, 0) is 49.6 Å². The molecule has 2 amide bonds. The smallest absolute Gasteiger partial charge is 0.264 e. The summed E-state index contributed by atoms with van der Waals surface area (Å²) < 4.78 is 1.72. The van der Waals surface area contributed by atoms with Crippen LogP contribution in [-0.2, 0) is 34.7 Å². The molecule has 3 heterocycles. The van der Waals surface area contributed by atoms with Gasteiger partial charge in [-0.1, -0.05) is 54.6 Å². The third-order valence-corrected chi connectivity index (χ3v) is 7.65. The number of aliphatic hydroxyl groups excluding tert-OH is 1. The molecule has 0 unspecified atom stereocenters. The van der Waals surface area contributed by atoms with Crippen molar-refractivity contribution in [3.8, 4) is 0 Å². The number of benzene rings is 2. The highest BCUT2D eigenvalue weighted by atomic mass is 16.3. The van der Waals surface area contributed by atoms with Crippen LogP contribution in [0.3, 0.4) is 0 Å². The molecule has 3 atom stereocenters. The second-order valence-corrected chi connectivity index (χ2v) is 10.5. The van der Waals surface area contributed by atoms with Crippen LogP contribution in [0.15, 0.2) is 66.9 Å². The van der Waals surface area contributed by atoms with E-state index in [0.29, 0.717) is 36.3 Å². The Hall–Kier alpha value is -3.86. The van der Waals surface area contributed by atoms with Gasteiger partial charge in [-0.2, -0.15) is 0 Å². The van der Waals surface area contributed by atoms with Crippen LogP contribution in [0.25, 0.3) is 0 Å². The number of aliphatic hydroxyl groups is 2.